The highest BCUT2D eigenvalue weighted by atomic mass is 19.4. The average molecular weight is 228 g/mol. The average Bonchev–Trinajstić information content (AvgIpc) is 2.54. The van der Waals surface area contributed by atoms with Crippen LogP contribution in [-0.4, -0.2) is 28.2 Å². The monoisotopic (exact) mass is 228 g/mol. The van der Waals surface area contributed by atoms with Crippen LogP contribution < -0.4 is 11.3 Å². The number of hydrazine groups is 1. The lowest BCUT2D eigenvalue weighted by Crippen LogP contribution is -2.38. The number of nitrogens with two attached hydrogens (primary N) is 1. The van der Waals surface area contributed by atoms with E-state index in [4.69, 9.17) is 21.0 Å². The molecule has 1 aliphatic heterocycles. The molecule has 1 rings (SSSR count). The molecular weight excluding hydrogens is 221 g/mol. The molecule has 0 spiro atoms. The molecule has 0 aromatic carbocycles. The molecule has 0 radical (unpaired) electrons. The Morgan fingerprint density at radius 3 is 2.20 bits per heavy atom. The van der Waals surface area contributed by atoms with Crippen LogP contribution in [0.15, 0.2) is 12.5 Å². The summed E-state index contributed by atoms with van der Waals surface area (Å²) >= 11 is 0. The summed E-state index contributed by atoms with van der Waals surface area (Å²) in [5.74, 6) is -2.86. The van der Waals surface area contributed by atoms with Gasteiger partial charge in [-0.3, -0.25) is 5.41 Å². The van der Waals surface area contributed by atoms with E-state index in [-0.39, 0.29) is 5.96 Å². The molecule has 0 unspecified atom stereocenters. The predicted molar refractivity (Wildman–Crippen MR) is 40.8 cm³/mol. The van der Waals surface area contributed by atoms with Crippen molar-refractivity contribution in [3.05, 3.63) is 12.5 Å². The number of carbonyl (C=O) groups is 1. The molecule has 0 atom stereocenters. The number of guanidine groups is 1. The Morgan fingerprint density at radius 2 is 2.07 bits per heavy atom. The summed E-state index contributed by atoms with van der Waals surface area (Å²) in [6, 6.07) is 0. The first kappa shape index (κ1) is 13.0. The lowest BCUT2D eigenvalue weighted by molar-refractivity contribution is -0.192. The molecule has 7 nitrogen and oxygen atoms in total. The van der Waals surface area contributed by atoms with Gasteiger partial charge in [-0.25, -0.2) is 9.80 Å². The van der Waals surface area contributed by atoms with Gasteiger partial charge in [0.15, 0.2) is 0 Å². The first-order chi connectivity index (χ1) is 6.75. The third-order valence-corrected chi connectivity index (χ3v) is 0.931. The van der Waals surface area contributed by atoms with Gasteiger partial charge in [0.2, 0.25) is 5.96 Å². The highest BCUT2D eigenvalue weighted by Gasteiger charge is 2.38. The molecule has 1 heterocycles. The van der Waals surface area contributed by atoms with E-state index >= 15 is 0 Å². The fourth-order valence-electron chi connectivity index (χ4n) is 0.338. The summed E-state index contributed by atoms with van der Waals surface area (Å²) in [7, 11) is 0. The number of carboxylic acid groups (broad SMARTS) is 1. The van der Waals surface area contributed by atoms with Crippen LogP contribution in [-0.2, 0) is 9.63 Å². The molecule has 10 heteroatoms. The minimum absolute atomic E-state index is 0.0984. The number of nitrogens with zero attached hydrogens (tertiary/aromatic N) is 1. The molecule has 0 fully saturated rings. The number of hydrogen-bond acceptors (Lipinski definition) is 4. The number of carboxylic acids is 1. The van der Waals surface area contributed by atoms with Gasteiger partial charge < -0.3 is 15.7 Å². The quantitative estimate of drug-likeness (QED) is 0.335. The van der Waals surface area contributed by atoms with Gasteiger partial charge in [0.25, 0.3) is 0 Å². The number of nitrogens with one attached hydrogen (secondary N) is 2. The van der Waals surface area contributed by atoms with Crippen LogP contribution in [0.4, 0.5) is 13.2 Å². The van der Waals surface area contributed by atoms with Gasteiger partial charge in [-0.15, -0.1) is 0 Å². The zero-order valence-electron chi connectivity index (χ0n) is 7.08. The molecule has 15 heavy (non-hydrogen) atoms. The Bertz CT molecular complexity index is 277. The summed E-state index contributed by atoms with van der Waals surface area (Å²) in [5, 5.41) is 15.2. The largest absolute Gasteiger partial charge is 0.490 e. The summed E-state index contributed by atoms with van der Waals surface area (Å²) in [6.45, 7) is 0. The molecule has 0 aromatic rings. The Morgan fingerprint density at radius 1 is 1.60 bits per heavy atom. The van der Waals surface area contributed by atoms with E-state index in [1.807, 2.05) is 0 Å². The Labute approximate surface area is 81.3 Å². The van der Waals surface area contributed by atoms with Gasteiger partial charge >= 0.3 is 12.1 Å². The van der Waals surface area contributed by atoms with Crippen molar-refractivity contribution in [1.29, 1.82) is 5.41 Å². The first-order valence-electron chi connectivity index (χ1n) is 3.26. The predicted octanol–water partition coefficient (Wildman–Crippen LogP) is -0.264. The smallest absolute Gasteiger partial charge is 0.475 e. The summed E-state index contributed by atoms with van der Waals surface area (Å²) < 4.78 is 31.7. The molecule has 0 amide bonds. The Hall–Kier alpha value is -1.97. The van der Waals surface area contributed by atoms with E-state index in [1.54, 1.807) is 0 Å². The Balaban J connectivity index is 0.000000265. The van der Waals surface area contributed by atoms with Crippen molar-refractivity contribution in [3.8, 4) is 0 Å². The molecule has 0 saturated heterocycles. The van der Waals surface area contributed by atoms with Crippen molar-refractivity contribution in [2.45, 2.75) is 6.18 Å². The second-order valence-corrected chi connectivity index (χ2v) is 2.05. The third-order valence-electron chi connectivity index (χ3n) is 0.931. The SMILES string of the molecule is N=C(N)N1C=CON1.O=C(O)C(F)(F)F. The van der Waals surface area contributed by atoms with Crippen LogP contribution in [0.5, 0.6) is 0 Å². The maximum atomic E-state index is 10.6. The highest BCUT2D eigenvalue weighted by molar-refractivity contribution is 5.75. The van der Waals surface area contributed by atoms with Crippen molar-refractivity contribution in [2.24, 2.45) is 5.73 Å². The molecule has 0 saturated carbocycles. The lowest BCUT2D eigenvalue weighted by atomic mass is 10.7. The van der Waals surface area contributed by atoms with Gasteiger partial charge in [0.05, 0.1) is 6.20 Å². The van der Waals surface area contributed by atoms with Crippen molar-refractivity contribution in [2.75, 3.05) is 0 Å². The lowest BCUT2D eigenvalue weighted by Gasteiger charge is -2.08. The van der Waals surface area contributed by atoms with Crippen molar-refractivity contribution in [3.63, 3.8) is 0 Å². The van der Waals surface area contributed by atoms with Crippen LogP contribution in [0, 0.1) is 5.41 Å². The summed E-state index contributed by atoms with van der Waals surface area (Å²) in [5.41, 5.74) is 7.34. The summed E-state index contributed by atoms with van der Waals surface area (Å²) in [6.07, 6.45) is -2.19. The summed E-state index contributed by atoms with van der Waals surface area (Å²) in [4.78, 5) is 13.4. The third kappa shape index (κ3) is 5.36. The number of alkyl halides is 3. The number of halogens is 3. The molecule has 86 valence electrons. The van der Waals surface area contributed by atoms with Crippen molar-refractivity contribution >= 4 is 11.9 Å². The maximum absolute atomic E-state index is 10.6. The normalized spacial score (nSPS) is 13.9. The van der Waals surface area contributed by atoms with Gasteiger partial charge in [0.1, 0.15) is 6.26 Å². The zero-order valence-corrected chi connectivity index (χ0v) is 7.08. The van der Waals surface area contributed by atoms with E-state index < -0.39 is 12.1 Å². The molecule has 0 aliphatic carbocycles. The molecule has 5 N–H and O–H groups in total. The number of aliphatic carboxylic acids is 1. The molecule has 0 aromatic heterocycles. The van der Waals surface area contributed by atoms with Crippen LogP contribution in [0.1, 0.15) is 0 Å². The molecular formula is C5H7F3N4O3. The maximum Gasteiger partial charge on any atom is 0.490 e. The van der Waals surface area contributed by atoms with Gasteiger partial charge in [-0.2, -0.15) is 13.2 Å². The van der Waals surface area contributed by atoms with Crippen molar-refractivity contribution in [1.82, 2.24) is 10.6 Å². The highest BCUT2D eigenvalue weighted by Crippen LogP contribution is 2.13. The van der Waals surface area contributed by atoms with E-state index in [0.717, 1.165) is 0 Å². The van der Waals surface area contributed by atoms with Crippen LogP contribution in [0.3, 0.4) is 0 Å². The first-order valence-corrected chi connectivity index (χ1v) is 3.26. The minimum Gasteiger partial charge on any atom is -0.475 e. The van der Waals surface area contributed by atoms with E-state index in [9.17, 15) is 13.2 Å². The van der Waals surface area contributed by atoms with Crippen molar-refractivity contribution < 1.29 is 27.9 Å². The van der Waals surface area contributed by atoms with Gasteiger partial charge in [-0.1, -0.05) is 5.59 Å². The fraction of sp³-hybridized carbons (Fsp3) is 0.200. The minimum atomic E-state index is -5.08. The van der Waals surface area contributed by atoms with Crippen LogP contribution >= 0.6 is 0 Å². The molecule has 1 aliphatic rings. The van der Waals surface area contributed by atoms with Gasteiger partial charge in [0, 0.05) is 0 Å². The Kier molecular flexibility index (Phi) is 4.38. The van der Waals surface area contributed by atoms with Crippen LogP contribution in [0.25, 0.3) is 0 Å². The van der Waals surface area contributed by atoms with Gasteiger partial charge in [-0.05, 0) is 0 Å². The second-order valence-electron chi connectivity index (χ2n) is 2.05. The zero-order chi connectivity index (χ0) is 12.1. The second kappa shape index (κ2) is 5.05. The standard InChI is InChI=1S/C3H6N4O.C2HF3O2/c4-3(5)7-1-2-8-6-7;3-2(4,5)1(6)7/h1-2,6H,(H3,4,5);(H,6,7). The van der Waals surface area contributed by atoms with Crippen LogP contribution in [0.2, 0.25) is 0 Å². The number of rotatable bonds is 0. The van der Waals surface area contributed by atoms with E-state index in [0.29, 0.717) is 0 Å². The van der Waals surface area contributed by atoms with E-state index in [1.165, 1.54) is 17.5 Å². The number of hydrogen-bond donors (Lipinski definition) is 4. The van der Waals surface area contributed by atoms with E-state index in [2.05, 4.69) is 10.4 Å². The topological polar surface area (TPSA) is 112 Å². The molecule has 0 bridgehead atoms. The fourth-order valence-corrected chi connectivity index (χ4v) is 0.338.